The average molecular weight is 306 g/mol. The average Bonchev–Trinajstić information content (AvgIpc) is 2.54. The van der Waals surface area contributed by atoms with Gasteiger partial charge >= 0.3 is 0 Å². The molecule has 0 aliphatic rings. The van der Waals surface area contributed by atoms with E-state index in [4.69, 9.17) is 10.5 Å². The van der Waals surface area contributed by atoms with Gasteiger partial charge in [0.05, 0.1) is 7.11 Å². The molecule has 0 saturated heterocycles. The summed E-state index contributed by atoms with van der Waals surface area (Å²) in [4.78, 5) is 3.99. The van der Waals surface area contributed by atoms with Crippen molar-refractivity contribution in [1.82, 2.24) is 4.98 Å². The van der Waals surface area contributed by atoms with Crippen LogP contribution in [0.15, 0.2) is 24.3 Å². The van der Waals surface area contributed by atoms with Crippen molar-refractivity contribution >= 4 is 5.82 Å². The van der Waals surface area contributed by atoms with Crippen LogP contribution in [0.25, 0.3) is 11.1 Å². The van der Waals surface area contributed by atoms with Gasteiger partial charge in [0.2, 0.25) is 5.88 Å². The van der Waals surface area contributed by atoms with Crippen molar-refractivity contribution in [1.29, 1.82) is 10.5 Å². The molecule has 1 aromatic carbocycles. The van der Waals surface area contributed by atoms with Gasteiger partial charge in [0.25, 0.3) is 0 Å². The van der Waals surface area contributed by atoms with Crippen molar-refractivity contribution < 1.29 is 4.74 Å². The summed E-state index contributed by atoms with van der Waals surface area (Å²) in [6.07, 6.45) is 0.971. The Morgan fingerprint density at radius 3 is 2.22 bits per heavy atom. The number of benzene rings is 1. The first kappa shape index (κ1) is 16.3. The lowest BCUT2D eigenvalue weighted by molar-refractivity contribution is 0.397. The molecule has 0 unspecified atom stereocenters. The van der Waals surface area contributed by atoms with E-state index in [2.05, 4.69) is 24.9 Å². The number of anilines is 1. The summed E-state index contributed by atoms with van der Waals surface area (Å²) in [6, 6.07) is 11.9. The van der Waals surface area contributed by atoms with E-state index in [1.165, 1.54) is 12.7 Å². The highest BCUT2D eigenvalue weighted by Crippen LogP contribution is 2.35. The summed E-state index contributed by atoms with van der Waals surface area (Å²) >= 11 is 0. The molecule has 0 amide bonds. The first-order valence-electron chi connectivity index (χ1n) is 7.28. The molecule has 2 N–H and O–H groups in total. The number of pyridine rings is 1. The van der Waals surface area contributed by atoms with E-state index in [0.717, 1.165) is 12.0 Å². The number of rotatable bonds is 4. The smallest absolute Gasteiger partial charge is 0.234 e. The van der Waals surface area contributed by atoms with Crippen LogP contribution in [0.2, 0.25) is 0 Å². The SMILES string of the molecule is COc1nc(N)c(C#N)c(-c2ccc(CC(C)C)cc2)c1C#N. The molecule has 0 aliphatic heterocycles. The van der Waals surface area contributed by atoms with Crippen molar-refractivity contribution in [2.75, 3.05) is 12.8 Å². The zero-order chi connectivity index (χ0) is 17.0. The van der Waals surface area contributed by atoms with Crippen molar-refractivity contribution in [3.8, 4) is 29.1 Å². The summed E-state index contributed by atoms with van der Waals surface area (Å²) in [5.41, 5.74) is 8.67. The molecule has 0 spiro atoms. The number of hydrogen-bond donors (Lipinski definition) is 1. The van der Waals surface area contributed by atoms with Crippen LogP contribution in [0.4, 0.5) is 5.82 Å². The maximum absolute atomic E-state index is 9.46. The molecule has 116 valence electrons. The highest BCUT2D eigenvalue weighted by molar-refractivity contribution is 5.82. The Bertz CT molecular complexity index is 796. The lowest BCUT2D eigenvalue weighted by Crippen LogP contribution is -2.04. The minimum Gasteiger partial charge on any atom is -0.480 e. The van der Waals surface area contributed by atoms with Gasteiger partial charge in [-0.15, -0.1) is 0 Å². The van der Waals surface area contributed by atoms with Crippen molar-refractivity contribution in [3.63, 3.8) is 0 Å². The summed E-state index contributed by atoms with van der Waals surface area (Å²) in [5.74, 6) is 0.747. The van der Waals surface area contributed by atoms with E-state index in [1.54, 1.807) is 0 Å². The van der Waals surface area contributed by atoms with Gasteiger partial charge in [-0.2, -0.15) is 15.5 Å². The van der Waals surface area contributed by atoms with Crippen LogP contribution in [0.1, 0.15) is 30.5 Å². The molecule has 5 nitrogen and oxygen atoms in total. The molecule has 1 heterocycles. The molecule has 0 bridgehead atoms. The van der Waals surface area contributed by atoms with E-state index in [9.17, 15) is 10.5 Å². The third kappa shape index (κ3) is 3.25. The number of ether oxygens (including phenoxy) is 1. The Labute approximate surface area is 136 Å². The predicted molar refractivity (Wildman–Crippen MR) is 88.6 cm³/mol. The highest BCUT2D eigenvalue weighted by Gasteiger charge is 2.20. The molecular formula is C18H18N4O. The number of nitrogen functional groups attached to an aromatic ring is 1. The fourth-order valence-electron chi connectivity index (χ4n) is 2.51. The Morgan fingerprint density at radius 1 is 1.13 bits per heavy atom. The summed E-state index contributed by atoms with van der Waals surface area (Å²) < 4.78 is 5.13. The molecule has 0 atom stereocenters. The Morgan fingerprint density at radius 2 is 1.74 bits per heavy atom. The van der Waals surface area contributed by atoms with Crippen molar-refractivity contribution in [2.24, 2.45) is 5.92 Å². The Balaban J connectivity index is 2.65. The van der Waals surface area contributed by atoms with E-state index < -0.39 is 0 Å². The predicted octanol–water partition coefficient (Wildman–Crippen LogP) is 3.28. The fourth-order valence-corrected chi connectivity index (χ4v) is 2.51. The molecule has 0 radical (unpaired) electrons. The first-order chi connectivity index (χ1) is 11.0. The zero-order valence-corrected chi connectivity index (χ0v) is 13.4. The molecule has 5 heteroatoms. The Kier molecular flexibility index (Phi) is 4.83. The largest absolute Gasteiger partial charge is 0.480 e. The van der Waals surface area contributed by atoms with E-state index in [0.29, 0.717) is 11.5 Å². The molecule has 0 saturated carbocycles. The number of methoxy groups -OCH3 is 1. The van der Waals surface area contributed by atoms with Gasteiger partial charge in [-0.05, 0) is 23.5 Å². The second-order valence-electron chi connectivity index (χ2n) is 5.65. The van der Waals surface area contributed by atoms with Crippen LogP contribution in [-0.2, 0) is 6.42 Å². The zero-order valence-electron chi connectivity index (χ0n) is 13.4. The van der Waals surface area contributed by atoms with Crippen molar-refractivity contribution in [2.45, 2.75) is 20.3 Å². The van der Waals surface area contributed by atoms with Crippen LogP contribution in [-0.4, -0.2) is 12.1 Å². The molecular weight excluding hydrogens is 288 g/mol. The maximum atomic E-state index is 9.46. The standard InChI is InChI=1S/C18H18N4O/c1-11(2)8-12-4-6-13(7-5-12)16-14(9-19)17(21)22-18(23-3)15(16)10-20/h4-7,11H,8H2,1-3H3,(H2,21,22). The molecule has 2 aromatic rings. The van der Waals surface area contributed by atoms with Gasteiger partial charge in [0.1, 0.15) is 29.1 Å². The number of nitrogens with zero attached hydrogens (tertiary/aromatic N) is 3. The summed E-state index contributed by atoms with van der Waals surface area (Å²) in [7, 11) is 1.42. The highest BCUT2D eigenvalue weighted by atomic mass is 16.5. The minimum absolute atomic E-state index is 0.0598. The summed E-state index contributed by atoms with van der Waals surface area (Å²) in [5, 5.41) is 18.9. The molecule has 1 aromatic heterocycles. The minimum atomic E-state index is 0.0598. The van der Waals surface area contributed by atoms with Crippen LogP contribution >= 0.6 is 0 Å². The van der Waals surface area contributed by atoms with Crippen LogP contribution in [0, 0.1) is 28.6 Å². The Hall–Kier alpha value is -3.05. The van der Waals surface area contributed by atoms with E-state index in [-0.39, 0.29) is 22.8 Å². The van der Waals surface area contributed by atoms with Crippen LogP contribution < -0.4 is 10.5 Å². The van der Waals surface area contributed by atoms with Gasteiger partial charge in [-0.1, -0.05) is 38.1 Å². The third-order valence-electron chi connectivity index (χ3n) is 3.50. The normalized spacial score (nSPS) is 10.2. The summed E-state index contributed by atoms with van der Waals surface area (Å²) in [6.45, 7) is 4.31. The molecule has 0 fully saturated rings. The van der Waals surface area contributed by atoms with Gasteiger partial charge in [0, 0.05) is 5.56 Å². The van der Waals surface area contributed by atoms with Crippen molar-refractivity contribution in [3.05, 3.63) is 41.0 Å². The molecule has 2 rings (SSSR count). The van der Waals surface area contributed by atoms with Gasteiger partial charge in [-0.3, -0.25) is 0 Å². The quantitative estimate of drug-likeness (QED) is 0.935. The molecule has 0 aliphatic carbocycles. The van der Waals surface area contributed by atoms with Crippen LogP contribution in [0.3, 0.4) is 0 Å². The number of aromatic nitrogens is 1. The third-order valence-corrected chi connectivity index (χ3v) is 3.50. The van der Waals surface area contributed by atoms with E-state index in [1.807, 2.05) is 30.3 Å². The maximum Gasteiger partial charge on any atom is 0.234 e. The second-order valence-corrected chi connectivity index (χ2v) is 5.65. The van der Waals surface area contributed by atoms with Gasteiger partial charge in [-0.25, -0.2) is 0 Å². The monoisotopic (exact) mass is 306 g/mol. The number of nitriles is 2. The number of hydrogen-bond acceptors (Lipinski definition) is 5. The lowest BCUT2D eigenvalue weighted by atomic mass is 9.94. The van der Waals surface area contributed by atoms with Gasteiger partial charge < -0.3 is 10.5 Å². The second kappa shape index (κ2) is 6.81. The van der Waals surface area contributed by atoms with Crippen LogP contribution in [0.5, 0.6) is 5.88 Å². The topological polar surface area (TPSA) is 95.7 Å². The molecule has 23 heavy (non-hydrogen) atoms. The van der Waals surface area contributed by atoms with E-state index >= 15 is 0 Å². The fraction of sp³-hybridized carbons (Fsp3) is 0.278. The van der Waals surface area contributed by atoms with Gasteiger partial charge in [0.15, 0.2) is 0 Å². The first-order valence-corrected chi connectivity index (χ1v) is 7.28. The lowest BCUT2D eigenvalue weighted by Gasteiger charge is -2.13. The number of nitrogens with two attached hydrogens (primary N) is 1.